The number of hydrogen-bond donors (Lipinski definition) is 1. The Balaban J connectivity index is 0.00000612. The first kappa shape index (κ1) is 36.0. The fourth-order valence-corrected chi connectivity index (χ4v) is 6.42. The van der Waals surface area contributed by atoms with Crippen LogP contribution < -0.4 is 0 Å². The maximum Gasteiger partial charge on any atom is 0.299 e. The summed E-state index contributed by atoms with van der Waals surface area (Å²) in [6.07, 6.45) is 11.0. The SMILES string of the molecule is CCCCCCCCCCCCOS(=O)(=O)C(=C(c1ccccc1)S(=O)(=O)O)c1ccccc1.[Na].[Na]. The number of benzene rings is 2. The third-order valence-electron chi connectivity index (χ3n) is 5.52. The quantitative estimate of drug-likeness (QED) is 0.0912. The maximum absolute atomic E-state index is 13.2. The molecule has 0 spiro atoms. The largest absolute Gasteiger partial charge is 0.299 e. The van der Waals surface area contributed by atoms with Crippen LogP contribution in [0.4, 0.5) is 0 Å². The van der Waals surface area contributed by atoms with Gasteiger partial charge in [0.25, 0.3) is 20.2 Å². The van der Waals surface area contributed by atoms with Crippen molar-refractivity contribution >= 4 is 89.2 Å². The minimum absolute atomic E-state index is 0. The zero-order chi connectivity index (χ0) is 24.9. The molecule has 0 aliphatic heterocycles. The van der Waals surface area contributed by atoms with E-state index in [0.717, 1.165) is 19.3 Å². The van der Waals surface area contributed by atoms with Gasteiger partial charge in [-0.3, -0.25) is 8.74 Å². The van der Waals surface area contributed by atoms with Crippen LogP contribution in [0.3, 0.4) is 0 Å². The molecule has 0 heterocycles. The second-order valence-electron chi connectivity index (χ2n) is 8.32. The van der Waals surface area contributed by atoms with E-state index in [1.165, 1.54) is 62.8 Å². The second kappa shape index (κ2) is 19.1. The average Bonchev–Trinajstić information content (AvgIpc) is 2.81. The molecule has 36 heavy (non-hydrogen) atoms. The van der Waals surface area contributed by atoms with Gasteiger partial charge in [0.2, 0.25) is 0 Å². The molecule has 2 aromatic carbocycles. The molecule has 0 aromatic heterocycles. The smallest absolute Gasteiger partial charge is 0.282 e. The van der Waals surface area contributed by atoms with Crippen molar-refractivity contribution in [2.24, 2.45) is 0 Å². The van der Waals surface area contributed by atoms with Crippen LogP contribution in [0.5, 0.6) is 0 Å². The molecule has 0 fully saturated rings. The van der Waals surface area contributed by atoms with Gasteiger partial charge in [-0.05, 0) is 17.5 Å². The molecular formula is C26H36Na2O6S2. The van der Waals surface area contributed by atoms with Gasteiger partial charge in [-0.25, -0.2) is 0 Å². The maximum atomic E-state index is 13.2. The number of rotatable bonds is 16. The van der Waals surface area contributed by atoms with Crippen LogP contribution >= 0.6 is 0 Å². The number of hydrogen-bond acceptors (Lipinski definition) is 5. The Kier molecular flexibility index (Phi) is 19.1. The third-order valence-corrected chi connectivity index (χ3v) is 8.02. The fraction of sp³-hybridized carbons (Fsp3) is 0.462. The zero-order valence-corrected chi connectivity index (χ0v) is 27.5. The summed E-state index contributed by atoms with van der Waals surface area (Å²) in [7, 11) is -9.36. The van der Waals surface area contributed by atoms with Gasteiger partial charge in [-0.15, -0.1) is 0 Å². The molecule has 0 bridgehead atoms. The topological polar surface area (TPSA) is 97.7 Å². The van der Waals surface area contributed by atoms with Crippen molar-refractivity contribution in [2.45, 2.75) is 71.1 Å². The summed E-state index contributed by atoms with van der Waals surface area (Å²) >= 11 is 0. The minimum Gasteiger partial charge on any atom is -0.282 e. The molecule has 2 rings (SSSR count). The van der Waals surface area contributed by atoms with E-state index >= 15 is 0 Å². The Hall–Kier alpha value is 0.000000000000000444. The van der Waals surface area contributed by atoms with Gasteiger partial charge >= 0.3 is 0 Å². The van der Waals surface area contributed by atoms with Crippen LogP contribution in [-0.4, -0.2) is 87.1 Å². The van der Waals surface area contributed by atoms with Gasteiger partial charge in [-0.2, -0.15) is 16.8 Å². The molecule has 1 N–H and O–H groups in total. The number of unbranched alkanes of at least 4 members (excludes halogenated alkanes) is 9. The molecule has 0 aliphatic rings. The van der Waals surface area contributed by atoms with Crippen molar-refractivity contribution in [2.75, 3.05) is 6.61 Å². The summed E-state index contributed by atoms with van der Waals surface area (Å²) in [5.74, 6) is 0. The van der Waals surface area contributed by atoms with Gasteiger partial charge < -0.3 is 0 Å². The zero-order valence-electron chi connectivity index (χ0n) is 21.9. The first-order chi connectivity index (χ1) is 16.3. The molecule has 0 aliphatic carbocycles. The van der Waals surface area contributed by atoms with Crippen LogP contribution in [0.2, 0.25) is 0 Å². The van der Waals surface area contributed by atoms with E-state index in [2.05, 4.69) is 6.92 Å². The second-order valence-corrected chi connectivity index (χ2v) is 11.2. The van der Waals surface area contributed by atoms with Gasteiger partial charge in [0, 0.05) is 59.1 Å². The van der Waals surface area contributed by atoms with Crippen LogP contribution in [-0.2, 0) is 24.4 Å². The first-order valence-corrected chi connectivity index (χ1v) is 14.8. The minimum atomic E-state index is -4.88. The van der Waals surface area contributed by atoms with Crippen molar-refractivity contribution in [3.05, 3.63) is 71.8 Å². The summed E-state index contributed by atoms with van der Waals surface area (Å²) in [6.45, 7) is 2.15. The van der Waals surface area contributed by atoms with Gasteiger partial charge in [0.05, 0.1) is 6.61 Å². The van der Waals surface area contributed by atoms with Crippen LogP contribution in [0.15, 0.2) is 60.7 Å². The molecule has 0 amide bonds. The summed E-state index contributed by atoms with van der Waals surface area (Å²) in [5.41, 5.74) is 0.192. The van der Waals surface area contributed by atoms with E-state index in [-0.39, 0.29) is 76.8 Å². The Bertz CT molecular complexity index is 1100. The van der Waals surface area contributed by atoms with E-state index in [1.54, 1.807) is 36.4 Å². The van der Waals surface area contributed by atoms with Crippen molar-refractivity contribution in [3.63, 3.8) is 0 Å². The first-order valence-electron chi connectivity index (χ1n) is 12.0. The molecule has 10 heteroatoms. The summed E-state index contributed by atoms with van der Waals surface area (Å²) in [5, 5.41) is 0. The van der Waals surface area contributed by atoms with E-state index in [1.807, 2.05) is 0 Å². The van der Waals surface area contributed by atoms with Crippen molar-refractivity contribution < 1.29 is 25.6 Å². The monoisotopic (exact) mass is 554 g/mol. The van der Waals surface area contributed by atoms with Crippen molar-refractivity contribution in [3.8, 4) is 0 Å². The summed E-state index contributed by atoms with van der Waals surface area (Å²) in [4.78, 5) is -1.25. The predicted octanol–water partition coefficient (Wildman–Crippen LogP) is 5.91. The van der Waals surface area contributed by atoms with Gasteiger partial charge in [-0.1, -0.05) is 125 Å². The van der Waals surface area contributed by atoms with Crippen molar-refractivity contribution in [1.82, 2.24) is 0 Å². The standard InChI is InChI=1S/C26H36O6S2.2Na/c1-2-3-4-5-6-7-8-9-10-17-22-32-34(30,31)26(24-20-15-12-16-21-24)25(33(27,28)29)23-18-13-11-14-19-23;;/h11-16,18-21H,2-10,17,22H2,1H3,(H,27,28,29);;. The molecule has 0 saturated heterocycles. The fourth-order valence-electron chi connectivity index (χ4n) is 3.78. The average molecular weight is 555 g/mol. The summed E-state index contributed by atoms with van der Waals surface area (Å²) in [6, 6.07) is 15.5. The van der Waals surface area contributed by atoms with E-state index in [0.29, 0.717) is 6.42 Å². The normalized spacial score (nSPS) is 12.3. The Morgan fingerprint density at radius 3 is 1.44 bits per heavy atom. The molecule has 190 valence electrons. The van der Waals surface area contributed by atoms with Crippen LogP contribution in [0.1, 0.15) is 82.3 Å². The van der Waals surface area contributed by atoms with E-state index in [9.17, 15) is 21.4 Å². The molecule has 2 radical (unpaired) electrons. The summed E-state index contributed by atoms with van der Waals surface area (Å²) < 4.78 is 66.3. The van der Waals surface area contributed by atoms with E-state index in [4.69, 9.17) is 4.18 Å². The molecule has 0 saturated carbocycles. The Morgan fingerprint density at radius 1 is 0.639 bits per heavy atom. The Morgan fingerprint density at radius 2 is 1.03 bits per heavy atom. The molecule has 0 unspecified atom stereocenters. The molecule has 6 nitrogen and oxygen atoms in total. The van der Waals surface area contributed by atoms with Gasteiger partial charge in [0.15, 0.2) is 0 Å². The predicted molar refractivity (Wildman–Crippen MR) is 149 cm³/mol. The molecular weight excluding hydrogens is 518 g/mol. The van der Waals surface area contributed by atoms with Crippen LogP contribution in [0.25, 0.3) is 9.81 Å². The van der Waals surface area contributed by atoms with Crippen LogP contribution in [0, 0.1) is 0 Å². The van der Waals surface area contributed by atoms with E-state index < -0.39 is 30.0 Å². The van der Waals surface area contributed by atoms with Crippen molar-refractivity contribution in [1.29, 1.82) is 0 Å². The molecule has 0 atom stereocenters. The van der Waals surface area contributed by atoms with Gasteiger partial charge in [0.1, 0.15) is 9.81 Å². The molecule has 2 aromatic rings. The third kappa shape index (κ3) is 12.7. The Labute approximate surface area is 261 Å².